The van der Waals surface area contributed by atoms with Crippen molar-refractivity contribution >= 4 is 21.7 Å². The molecule has 0 aliphatic carbocycles. The van der Waals surface area contributed by atoms with Gasteiger partial charge in [0.2, 0.25) is 12.5 Å². The van der Waals surface area contributed by atoms with Crippen molar-refractivity contribution in [2.75, 3.05) is 27.5 Å². The monoisotopic (exact) mass is 431 g/mol. The number of carbonyl (C=O) groups excluding carboxylic acids is 1. The maximum Gasteiger partial charge on any atom is 0.231 e. The quantitative estimate of drug-likeness (QED) is 0.717. The Morgan fingerprint density at radius 1 is 1.33 bits per heavy atom. The average molecular weight is 432 g/mol. The molecule has 0 bridgehead atoms. The first-order chi connectivity index (χ1) is 13.1. The molecule has 0 aromatic heterocycles. The van der Waals surface area contributed by atoms with E-state index in [2.05, 4.69) is 27.9 Å². The van der Waals surface area contributed by atoms with Gasteiger partial charge in [-0.1, -0.05) is 34.1 Å². The van der Waals surface area contributed by atoms with Crippen LogP contribution in [0.1, 0.15) is 29.2 Å². The molecular weight excluding hydrogens is 410 g/mol. The Hall–Kier alpha value is -2.05. The van der Waals surface area contributed by atoms with Crippen molar-refractivity contribution in [1.29, 1.82) is 0 Å². The van der Waals surface area contributed by atoms with Crippen LogP contribution in [0, 0.1) is 0 Å². The van der Waals surface area contributed by atoms with Crippen LogP contribution in [-0.4, -0.2) is 38.2 Å². The van der Waals surface area contributed by atoms with Gasteiger partial charge in [0, 0.05) is 35.5 Å². The zero-order valence-electron chi connectivity index (χ0n) is 15.5. The summed E-state index contributed by atoms with van der Waals surface area (Å²) in [6.45, 7) is 1.10. The third-order valence-electron chi connectivity index (χ3n) is 5.31. The summed E-state index contributed by atoms with van der Waals surface area (Å²) in [5, 5.41) is 0. The molecule has 0 spiro atoms. The smallest absolute Gasteiger partial charge is 0.231 e. The minimum absolute atomic E-state index is 0.0341. The lowest BCUT2D eigenvalue weighted by molar-refractivity contribution is -0.119. The van der Waals surface area contributed by atoms with E-state index in [9.17, 15) is 4.79 Å². The van der Waals surface area contributed by atoms with Crippen LogP contribution >= 0.6 is 15.9 Å². The summed E-state index contributed by atoms with van der Waals surface area (Å²) in [7, 11) is 3.70. The molecule has 2 aliphatic rings. The summed E-state index contributed by atoms with van der Waals surface area (Å²) in [5.74, 6) is 2.28. The number of halogens is 1. The zero-order chi connectivity index (χ0) is 19.0. The van der Waals surface area contributed by atoms with Crippen LogP contribution in [-0.2, 0) is 17.6 Å². The minimum Gasteiger partial charge on any atom is -0.492 e. The summed E-state index contributed by atoms with van der Waals surface area (Å²) in [5.41, 5.74) is 3.24. The minimum atomic E-state index is -0.0341. The second-order valence-electron chi connectivity index (χ2n) is 6.97. The average Bonchev–Trinajstić information content (AvgIpc) is 3.12. The second kappa shape index (κ2) is 7.52. The highest BCUT2D eigenvalue weighted by Gasteiger charge is 2.34. The Kier molecular flexibility index (Phi) is 5.10. The predicted molar refractivity (Wildman–Crippen MR) is 106 cm³/mol. The summed E-state index contributed by atoms with van der Waals surface area (Å²) in [6.07, 6.45) is 1.74. The molecule has 1 unspecified atom stereocenters. The van der Waals surface area contributed by atoms with E-state index in [1.54, 1.807) is 7.11 Å². The van der Waals surface area contributed by atoms with E-state index >= 15 is 0 Å². The van der Waals surface area contributed by atoms with Crippen molar-refractivity contribution in [3.8, 4) is 17.2 Å². The molecule has 0 fully saturated rings. The lowest BCUT2D eigenvalue weighted by Crippen LogP contribution is -2.34. The first-order valence-electron chi connectivity index (χ1n) is 9.03. The summed E-state index contributed by atoms with van der Waals surface area (Å²) in [4.78, 5) is 15.1. The number of hydrogen-bond acceptors (Lipinski definition) is 5. The number of carbonyl (C=O) groups is 1. The van der Waals surface area contributed by atoms with Gasteiger partial charge >= 0.3 is 0 Å². The van der Waals surface area contributed by atoms with Crippen LogP contribution < -0.4 is 14.2 Å². The van der Waals surface area contributed by atoms with E-state index in [4.69, 9.17) is 14.2 Å². The van der Waals surface area contributed by atoms with Crippen molar-refractivity contribution in [3.63, 3.8) is 0 Å². The molecule has 27 heavy (non-hydrogen) atoms. The number of hydrogen-bond donors (Lipinski definition) is 0. The lowest BCUT2D eigenvalue weighted by atomic mass is 9.87. The van der Waals surface area contributed by atoms with Gasteiger partial charge in [0.1, 0.15) is 5.78 Å². The number of rotatable bonds is 5. The summed E-state index contributed by atoms with van der Waals surface area (Å²) < 4.78 is 17.9. The molecule has 0 N–H and O–H groups in total. The Balaban J connectivity index is 1.64. The van der Waals surface area contributed by atoms with Gasteiger partial charge < -0.3 is 14.2 Å². The fourth-order valence-corrected chi connectivity index (χ4v) is 4.35. The number of fused-ring (bicyclic) bond motifs is 2. The van der Waals surface area contributed by atoms with Crippen molar-refractivity contribution in [2.45, 2.75) is 25.3 Å². The van der Waals surface area contributed by atoms with E-state index in [1.807, 2.05) is 30.3 Å². The van der Waals surface area contributed by atoms with Gasteiger partial charge in [0.05, 0.1) is 7.11 Å². The Morgan fingerprint density at radius 2 is 2.15 bits per heavy atom. The van der Waals surface area contributed by atoms with Gasteiger partial charge in [-0.25, -0.2) is 0 Å². The molecule has 0 saturated carbocycles. The third-order valence-corrected chi connectivity index (χ3v) is 6.09. The second-order valence-corrected chi connectivity index (χ2v) is 7.83. The molecular formula is C21H22BrNO4. The first kappa shape index (κ1) is 18.3. The van der Waals surface area contributed by atoms with Gasteiger partial charge in [-0.05, 0) is 36.7 Å². The van der Waals surface area contributed by atoms with Crippen molar-refractivity contribution in [2.24, 2.45) is 0 Å². The van der Waals surface area contributed by atoms with E-state index in [1.165, 1.54) is 5.56 Å². The summed E-state index contributed by atoms with van der Waals surface area (Å²) in [6, 6.07) is 9.87. The highest BCUT2D eigenvalue weighted by molar-refractivity contribution is 9.10. The van der Waals surface area contributed by atoms with Gasteiger partial charge in [-0.3, -0.25) is 9.69 Å². The van der Waals surface area contributed by atoms with E-state index < -0.39 is 0 Å². The highest BCUT2D eigenvalue weighted by atomic mass is 79.9. The Morgan fingerprint density at radius 3 is 2.93 bits per heavy atom. The molecule has 2 aliphatic heterocycles. The van der Waals surface area contributed by atoms with Crippen LogP contribution in [0.3, 0.4) is 0 Å². The number of nitrogens with zero attached hydrogens (tertiary/aromatic N) is 1. The van der Waals surface area contributed by atoms with E-state index in [-0.39, 0.29) is 18.6 Å². The Bertz CT molecular complexity index is 883. The lowest BCUT2D eigenvalue weighted by Gasteiger charge is -2.35. The molecule has 0 amide bonds. The van der Waals surface area contributed by atoms with Crippen LogP contribution in [0.4, 0.5) is 0 Å². The first-order valence-corrected chi connectivity index (χ1v) is 9.82. The third kappa shape index (κ3) is 3.44. The predicted octanol–water partition coefficient (Wildman–Crippen LogP) is 3.92. The van der Waals surface area contributed by atoms with E-state index in [0.29, 0.717) is 24.3 Å². The Labute approximate surface area is 167 Å². The largest absolute Gasteiger partial charge is 0.492 e. The number of ether oxygens (including phenoxy) is 3. The van der Waals surface area contributed by atoms with Crippen molar-refractivity contribution in [3.05, 3.63) is 51.5 Å². The van der Waals surface area contributed by atoms with Crippen LogP contribution in [0.25, 0.3) is 0 Å². The fourth-order valence-electron chi connectivity index (χ4n) is 3.93. The maximum atomic E-state index is 12.9. The molecule has 6 heteroatoms. The normalized spacial score (nSPS) is 18.3. The van der Waals surface area contributed by atoms with Gasteiger partial charge in [0.15, 0.2) is 11.5 Å². The molecule has 1 atom stereocenters. The topological polar surface area (TPSA) is 48.0 Å². The molecule has 2 aromatic carbocycles. The molecule has 0 saturated heterocycles. The number of Topliss-reactive ketones (excluding diaryl/α,β-unsaturated/α-hetero) is 1. The summed E-state index contributed by atoms with van der Waals surface area (Å²) >= 11 is 3.53. The molecule has 4 rings (SSSR count). The maximum absolute atomic E-state index is 12.9. The number of likely N-dealkylation sites (N-methyl/N-ethyl adjacent to an activating group) is 1. The molecule has 2 aromatic rings. The number of benzene rings is 2. The highest BCUT2D eigenvalue weighted by Crippen LogP contribution is 2.50. The number of ketones is 1. The standard InChI is InChI=1S/C21H22BrNO4/c1-23-8-7-14-10-18-20(27-12-26-18)21(25-2)19(14)17(23)11-15(24)9-13-5-3-4-6-16(13)22/h3-6,10,17H,7-9,11-12H2,1-2H3. The van der Waals surface area contributed by atoms with Crippen molar-refractivity contribution < 1.29 is 19.0 Å². The van der Waals surface area contributed by atoms with Crippen LogP contribution in [0.15, 0.2) is 34.8 Å². The van der Waals surface area contributed by atoms with Crippen LogP contribution in [0.5, 0.6) is 17.2 Å². The number of methoxy groups -OCH3 is 1. The molecule has 0 radical (unpaired) electrons. The zero-order valence-corrected chi connectivity index (χ0v) is 17.0. The molecule has 142 valence electrons. The molecule has 5 nitrogen and oxygen atoms in total. The fraction of sp³-hybridized carbons (Fsp3) is 0.381. The van der Waals surface area contributed by atoms with E-state index in [0.717, 1.165) is 34.3 Å². The van der Waals surface area contributed by atoms with Crippen LogP contribution in [0.2, 0.25) is 0 Å². The van der Waals surface area contributed by atoms with Gasteiger partial charge in [-0.2, -0.15) is 0 Å². The molecule has 2 heterocycles. The van der Waals surface area contributed by atoms with Gasteiger partial charge in [0.25, 0.3) is 0 Å². The van der Waals surface area contributed by atoms with Crippen molar-refractivity contribution in [1.82, 2.24) is 4.90 Å². The van der Waals surface area contributed by atoms with Gasteiger partial charge in [-0.15, -0.1) is 0 Å². The SMILES string of the molecule is COc1c2c(cc3c1C(CC(=O)Cc1ccccc1Br)N(C)CC3)OCO2.